The van der Waals surface area contributed by atoms with Crippen LogP contribution in [0.15, 0.2) is 36.4 Å². The maximum absolute atomic E-state index is 13.4. The molecule has 0 spiro atoms. The number of nitrogens with one attached hydrogen (secondary N) is 1. The van der Waals surface area contributed by atoms with Crippen molar-refractivity contribution in [1.82, 2.24) is 0 Å². The summed E-state index contributed by atoms with van der Waals surface area (Å²) in [6, 6.07) is 11.9. The van der Waals surface area contributed by atoms with E-state index in [1.807, 2.05) is 13.0 Å². The van der Waals surface area contributed by atoms with Crippen molar-refractivity contribution in [3.63, 3.8) is 0 Å². The van der Waals surface area contributed by atoms with E-state index < -0.39 is 0 Å². The zero-order chi connectivity index (χ0) is 14.8. The van der Waals surface area contributed by atoms with Crippen molar-refractivity contribution < 1.29 is 4.39 Å². The van der Waals surface area contributed by atoms with Gasteiger partial charge in [0.2, 0.25) is 0 Å². The second-order valence-electron chi connectivity index (χ2n) is 6.06. The minimum absolute atomic E-state index is 0.178. The van der Waals surface area contributed by atoms with Gasteiger partial charge in [0.25, 0.3) is 0 Å². The van der Waals surface area contributed by atoms with E-state index in [0.29, 0.717) is 0 Å². The molecular formula is C19H22FN. The highest BCUT2D eigenvalue weighted by Crippen LogP contribution is 2.27. The molecule has 1 aliphatic rings. The first-order valence-corrected chi connectivity index (χ1v) is 7.78. The Balaban J connectivity index is 1.82. The Hall–Kier alpha value is -1.83. The molecule has 0 radical (unpaired) electrons. The van der Waals surface area contributed by atoms with Crippen molar-refractivity contribution >= 4 is 5.69 Å². The fourth-order valence-corrected chi connectivity index (χ4v) is 3.09. The monoisotopic (exact) mass is 283 g/mol. The molecule has 1 aliphatic carbocycles. The number of anilines is 1. The lowest BCUT2D eigenvalue weighted by molar-refractivity contribution is 0.627. The summed E-state index contributed by atoms with van der Waals surface area (Å²) in [6.07, 6.45) is 5.00. The van der Waals surface area contributed by atoms with E-state index in [9.17, 15) is 4.39 Å². The van der Waals surface area contributed by atoms with E-state index in [0.717, 1.165) is 11.3 Å². The fourth-order valence-electron chi connectivity index (χ4n) is 3.09. The van der Waals surface area contributed by atoms with Gasteiger partial charge in [0.1, 0.15) is 5.82 Å². The highest BCUT2D eigenvalue weighted by atomic mass is 19.1. The zero-order valence-corrected chi connectivity index (χ0v) is 12.7. The van der Waals surface area contributed by atoms with Crippen LogP contribution in [0.2, 0.25) is 0 Å². The molecule has 3 rings (SSSR count). The lowest BCUT2D eigenvalue weighted by atomic mass is 9.89. The minimum Gasteiger partial charge on any atom is -0.378 e. The first kappa shape index (κ1) is 14.1. The average Bonchev–Trinajstić information content (AvgIpc) is 2.50. The van der Waals surface area contributed by atoms with Crippen LogP contribution < -0.4 is 5.32 Å². The number of rotatable bonds is 3. The molecule has 0 bridgehead atoms. The first-order chi connectivity index (χ1) is 10.1. The van der Waals surface area contributed by atoms with Gasteiger partial charge in [0.05, 0.1) is 0 Å². The van der Waals surface area contributed by atoms with Gasteiger partial charge in [-0.3, -0.25) is 0 Å². The van der Waals surface area contributed by atoms with Crippen molar-refractivity contribution in [2.24, 2.45) is 0 Å². The summed E-state index contributed by atoms with van der Waals surface area (Å²) >= 11 is 0. The molecule has 0 heterocycles. The van der Waals surface area contributed by atoms with E-state index in [4.69, 9.17) is 0 Å². The molecule has 2 aromatic carbocycles. The normalized spacial score (nSPS) is 15.4. The van der Waals surface area contributed by atoms with Crippen molar-refractivity contribution in [2.45, 2.75) is 45.6 Å². The molecule has 1 nitrogen and oxygen atoms in total. The molecule has 1 unspecified atom stereocenters. The van der Waals surface area contributed by atoms with Gasteiger partial charge in [-0.1, -0.05) is 24.3 Å². The molecule has 0 aromatic heterocycles. The van der Waals surface area contributed by atoms with Crippen LogP contribution in [0.25, 0.3) is 0 Å². The van der Waals surface area contributed by atoms with E-state index in [1.165, 1.54) is 48.4 Å². The molecule has 0 saturated carbocycles. The van der Waals surface area contributed by atoms with Crippen molar-refractivity contribution in [2.75, 3.05) is 5.32 Å². The Morgan fingerprint density at radius 1 is 1.00 bits per heavy atom. The van der Waals surface area contributed by atoms with Crippen LogP contribution in [-0.2, 0) is 12.8 Å². The molecule has 1 N–H and O–H groups in total. The SMILES string of the molecule is Cc1ccc(F)cc1NC(C)c1ccc2c(c1)CCCC2. The Bertz CT molecular complexity index is 648. The van der Waals surface area contributed by atoms with Gasteiger partial charge in [0.15, 0.2) is 0 Å². The predicted octanol–water partition coefficient (Wildman–Crippen LogP) is 5.19. The summed E-state index contributed by atoms with van der Waals surface area (Å²) < 4.78 is 13.4. The standard InChI is InChI=1S/C19H22FN/c1-13-7-10-18(20)12-19(13)21-14(2)16-9-8-15-5-3-4-6-17(15)11-16/h7-12,14,21H,3-6H2,1-2H3. The van der Waals surface area contributed by atoms with Crippen LogP contribution in [0, 0.1) is 12.7 Å². The molecule has 21 heavy (non-hydrogen) atoms. The van der Waals surface area contributed by atoms with Crippen molar-refractivity contribution in [3.8, 4) is 0 Å². The lowest BCUT2D eigenvalue weighted by Gasteiger charge is -2.21. The summed E-state index contributed by atoms with van der Waals surface area (Å²) in [5.74, 6) is -0.194. The largest absolute Gasteiger partial charge is 0.378 e. The van der Waals surface area contributed by atoms with Crippen LogP contribution in [-0.4, -0.2) is 0 Å². The Kier molecular flexibility index (Phi) is 3.96. The third kappa shape index (κ3) is 3.10. The van der Waals surface area contributed by atoms with Crippen LogP contribution >= 0.6 is 0 Å². The molecule has 0 aliphatic heterocycles. The molecule has 2 heteroatoms. The summed E-state index contributed by atoms with van der Waals surface area (Å²) in [7, 11) is 0. The molecule has 1 atom stereocenters. The third-order valence-corrected chi connectivity index (χ3v) is 4.44. The summed E-state index contributed by atoms with van der Waals surface area (Å²) in [5, 5.41) is 3.43. The number of benzene rings is 2. The number of fused-ring (bicyclic) bond motifs is 1. The molecule has 110 valence electrons. The van der Waals surface area contributed by atoms with Gasteiger partial charge < -0.3 is 5.32 Å². The Morgan fingerprint density at radius 2 is 1.76 bits per heavy atom. The quantitative estimate of drug-likeness (QED) is 0.817. The Morgan fingerprint density at radius 3 is 2.57 bits per heavy atom. The third-order valence-electron chi connectivity index (χ3n) is 4.44. The molecule has 0 amide bonds. The number of hydrogen-bond acceptors (Lipinski definition) is 1. The van der Waals surface area contributed by atoms with Crippen molar-refractivity contribution in [1.29, 1.82) is 0 Å². The molecular weight excluding hydrogens is 261 g/mol. The fraction of sp³-hybridized carbons (Fsp3) is 0.368. The van der Waals surface area contributed by atoms with Gasteiger partial charge in [-0.25, -0.2) is 4.39 Å². The number of aryl methyl sites for hydroxylation is 3. The predicted molar refractivity (Wildman–Crippen MR) is 86.3 cm³/mol. The number of halogens is 1. The maximum atomic E-state index is 13.4. The van der Waals surface area contributed by atoms with Crippen molar-refractivity contribution in [3.05, 3.63) is 64.5 Å². The maximum Gasteiger partial charge on any atom is 0.125 e. The van der Waals surface area contributed by atoms with Gasteiger partial charge >= 0.3 is 0 Å². The average molecular weight is 283 g/mol. The zero-order valence-electron chi connectivity index (χ0n) is 12.7. The second kappa shape index (κ2) is 5.88. The van der Waals surface area contributed by atoms with Gasteiger partial charge in [-0.05, 0) is 73.9 Å². The summed E-state index contributed by atoms with van der Waals surface area (Å²) in [6.45, 7) is 4.14. The van der Waals surface area contributed by atoms with Gasteiger partial charge in [-0.2, -0.15) is 0 Å². The molecule has 2 aromatic rings. The Labute approximate surface area is 126 Å². The van der Waals surface area contributed by atoms with Gasteiger partial charge in [0, 0.05) is 11.7 Å². The van der Waals surface area contributed by atoms with Crippen LogP contribution in [0.5, 0.6) is 0 Å². The smallest absolute Gasteiger partial charge is 0.125 e. The van der Waals surface area contributed by atoms with E-state index >= 15 is 0 Å². The second-order valence-corrected chi connectivity index (χ2v) is 6.06. The van der Waals surface area contributed by atoms with Crippen LogP contribution in [0.1, 0.15) is 48.1 Å². The van der Waals surface area contributed by atoms with Crippen LogP contribution in [0.3, 0.4) is 0 Å². The summed E-state index contributed by atoms with van der Waals surface area (Å²) in [5.41, 5.74) is 6.21. The van der Waals surface area contributed by atoms with E-state index in [-0.39, 0.29) is 11.9 Å². The van der Waals surface area contributed by atoms with Crippen LogP contribution in [0.4, 0.5) is 10.1 Å². The molecule has 0 saturated heterocycles. The topological polar surface area (TPSA) is 12.0 Å². The minimum atomic E-state index is -0.194. The summed E-state index contributed by atoms with van der Waals surface area (Å²) in [4.78, 5) is 0. The molecule has 0 fully saturated rings. The van der Waals surface area contributed by atoms with Gasteiger partial charge in [-0.15, -0.1) is 0 Å². The lowest BCUT2D eigenvalue weighted by Crippen LogP contribution is -2.10. The highest BCUT2D eigenvalue weighted by Gasteiger charge is 2.13. The van der Waals surface area contributed by atoms with E-state index in [1.54, 1.807) is 6.07 Å². The first-order valence-electron chi connectivity index (χ1n) is 7.78. The highest BCUT2D eigenvalue weighted by molar-refractivity contribution is 5.52. The van der Waals surface area contributed by atoms with E-state index in [2.05, 4.69) is 30.4 Å². The number of hydrogen-bond donors (Lipinski definition) is 1.